The van der Waals surface area contributed by atoms with Gasteiger partial charge in [0.15, 0.2) is 23.7 Å². The highest BCUT2D eigenvalue weighted by atomic mass is 19.1. The minimum atomic E-state index is -0.299. The van der Waals surface area contributed by atoms with Gasteiger partial charge < -0.3 is 4.84 Å². The average Bonchev–Trinajstić information content (AvgIpc) is 3.37. The lowest BCUT2D eigenvalue weighted by Gasteiger charge is -2.03. The van der Waals surface area contributed by atoms with Gasteiger partial charge in [-0.05, 0) is 36.8 Å². The third kappa shape index (κ3) is 3.37. The van der Waals surface area contributed by atoms with Crippen LogP contribution in [0.15, 0.2) is 66.2 Å². The van der Waals surface area contributed by atoms with Crippen LogP contribution in [0.3, 0.4) is 0 Å². The van der Waals surface area contributed by atoms with Crippen molar-refractivity contribution in [2.24, 2.45) is 5.16 Å². The number of aryl methyl sites for hydroxylation is 1. The quantitative estimate of drug-likeness (QED) is 0.333. The molecule has 3 aromatic heterocycles. The fourth-order valence-corrected chi connectivity index (χ4v) is 3.04. The molecule has 0 fully saturated rings. The van der Waals surface area contributed by atoms with Crippen molar-refractivity contribution in [3.05, 3.63) is 83.8 Å². The Labute approximate surface area is 170 Å². The molecule has 0 amide bonds. The molecule has 8 nitrogen and oxygen atoms in total. The van der Waals surface area contributed by atoms with E-state index in [1.54, 1.807) is 33.9 Å². The number of rotatable bonds is 5. The maximum Gasteiger partial charge on any atom is 0.192 e. The lowest BCUT2D eigenvalue weighted by molar-refractivity contribution is 0.126. The molecule has 9 heteroatoms. The van der Waals surface area contributed by atoms with Crippen LogP contribution >= 0.6 is 0 Å². The van der Waals surface area contributed by atoms with Crippen LogP contribution in [0, 0.1) is 12.7 Å². The Morgan fingerprint density at radius 2 is 1.87 bits per heavy atom. The van der Waals surface area contributed by atoms with Gasteiger partial charge in [-0.25, -0.2) is 23.6 Å². The van der Waals surface area contributed by atoms with E-state index < -0.39 is 0 Å². The maximum absolute atomic E-state index is 12.9. The van der Waals surface area contributed by atoms with Crippen molar-refractivity contribution in [2.45, 2.75) is 13.5 Å². The Kier molecular flexibility index (Phi) is 4.40. The van der Waals surface area contributed by atoms with Crippen LogP contribution in [-0.4, -0.2) is 35.6 Å². The van der Waals surface area contributed by atoms with E-state index in [2.05, 4.69) is 25.3 Å². The second kappa shape index (κ2) is 7.36. The van der Waals surface area contributed by atoms with Gasteiger partial charge in [0, 0.05) is 0 Å². The summed E-state index contributed by atoms with van der Waals surface area (Å²) in [5, 5.41) is 13.5. The molecule has 148 valence electrons. The fourth-order valence-electron chi connectivity index (χ4n) is 3.04. The topological polar surface area (TPSA) is 82.5 Å². The zero-order valence-corrected chi connectivity index (χ0v) is 16.0. The predicted octanol–water partition coefficient (Wildman–Crippen LogP) is 3.46. The van der Waals surface area contributed by atoms with Gasteiger partial charge in [0.25, 0.3) is 0 Å². The van der Waals surface area contributed by atoms with Gasteiger partial charge in [-0.2, -0.15) is 5.10 Å². The largest absolute Gasteiger partial charge is 0.387 e. The van der Waals surface area contributed by atoms with E-state index in [-0.39, 0.29) is 12.4 Å². The first-order valence-corrected chi connectivity index (χ1v) is 9.23. The highest BCUT2D eigenvalue weighted by Gasteiger charge is 2.13. The van der Waals surface area contributed by atoms with E-state index in [1.165, 1.54) is 23.9 Å². The molecular weight excluding hydrogens is 385 g/mol. The number of benzene rings is 2. The molecule has 0 saturated carbocycles. The number of nitrogens with zero attached hydrogens (tertiary/aromatic N) is 7. The van der Waals surface area contributed by atoms with Crippen molar-refractivity contribution in [2.75, 3.05) is 0 Å². The van der Waals surface area contributed by atoms with Crippen LogP contribution in [-0.2, 0) is 11.4 Å². The molecule has 0 radical (unpaired) electrons. The molecule has 30 heavy (non-hydrogen) atoms. The number of fused-ring (bicyclic) bond motifs is 3. The molecule has 5 aromatic rings. The second-order valence-electron chi connectivity index (χ2n) is 6.73. The van der Waals surface area contributed by atoms with Crippen LogP contribution in [0.5, 0.6) is 0 Å². The Hall–Kier alpha value is -4.14. The van der Waals surface area contributed by atoms with E-state index in [4.69, 9.17) is 4.84 Å². The van der Waals surface area contributed by atoms with Gasteiger partial charge in [-0.1, -0.05) is 35.0 Å². The Balaban J connectivity index is 1.38. The van der Waals surface area contributed by atoms with Gasteiger partial charge in [0.1, 0.15) is 12.1 Å². The number of hydrogen-bond donors (Lipinski definition) is 0. The molecular formula is C21H16FN7O. The maximum atomic E-state index is 12.9. The number of hydrogen-bond acceptors (Lipinski definition) is 6. The highest BCUT2D eigenvalue weighted by Crippen LogP contribution is 2.20. The lowest BCUT2D eigenvalue weighted by atomic mass is 10.2. The summed E-state index contributed by atoms with van der Waals surface area (Å²) in [5.41, 5.74) is 4.16. The monoisotopic (exact) mass is 401 g/mol. The summed E-state index contributed by atoms with van der Waals surface area (Å²) >= 11 is 0. The zero-order valence-electron chi connectivity index (χ0n) is 16.0. The minimum absolute atomic E-state index is 0.0902. The van der Waals surface area contributed by atoms with Crippen molar-refractivity contribution < 1.29 is 9.23 Å². The van der Waals surface area contributed by atoms with Crippen molar-refractivity contribution in [1.29, 1.82) is 0 Å². The molecule has 5 rings (SSSR count). The van der Waals surface area contributed by atoms with E-state index >= 15 is 0 Å². The standard InChI is InChI=1S/C21H16FN7O/c1-14-2-8-17(9-3-14)29-20-18(11-24-29)21-26-19(27-28(21)13-23-20)12-30-25-10-15-4-6-16(22)7-5-15/h2-11,13H,12H2,1H3/b25-10-. The van der Waals surface area contributed by atoms with Crippen molar-refractivity contribution >= 4 is 22.9 Å². The average molecular weight is 401 g/mol. The number of oxime groups is 1. The van der Waals surface area contributed by atoms with Crippen LogP contribution in [0.4, 0.5) is 4.39 Å². The number of aromatic nitrogens is 6. The molecule has 3 heterocycles. The molecule has 0 atom stereocenters. The van der Waals surface area contributed by atoms with Gasteiger partial charge in [0.2, 0.25) is 0 Å². The Morgan fingerprint density at radius 1 is 1.07 bits per heavy atom. The van der Waals surface area contributed by atoms with Gasteiger partial charge in [-0.15, -0.1) is 5.10 Å². The van der Waals surface area contributed by atoms with Crippen LogP contribution < -0.4 is 0 Å². The summed E-state index contributed by atoms with van der Waals surface area (Å²) in [6, 6.07) is 14.0. The van der Waals surface area contributed by atoms with E-state index in [1.807, 2.05) is 31.2 Å². The Morgan fingerprint density at radius 3 is 2.67 bits per heavy atom. The van der Waals surface area contributed by atoms with E-state index in [0.29, 0.717) is 17.1 Å². The first kappa shape index (κ1) is 17.9. The van der Waals surface area contributed by atoms with Crippen molar-refractivity contribution in [1.82, 2.24) is 29.4 Å². The second-order valence-corrected chi connectivity index (χ2v) is 6.73. The molecule has 0 aliphatic carbocycles. The van der Waals surface area contributed by atoms with Crippen molar-refractivity contribution in [3.63, 3.8) is 0 Å². The summed E-state index contributed by atoms with van der Waals surface area (Å²) in [6.07, 6.45) is 4.83. The molecule has 0 bridgehead atoms. The smallest absolute Gasteiger partial charge is 0.192 e. The molecule has 0 saturated heterocycles. The summed E-state index contributed by atoms with van der Waals surface area (Å²) in [7, 11) is 0. The number of halogens is 1. The summed E-state index contributed by atoms with van der Waals surface area (Å²) in [6.45, 7) is 2.13. The third-order valence-corrected chi connectivity index (χ3v) is 4.57. The van der Waals surface area contributed by atoms with Crippen LogP contribution in [0.1, 0.15) is 17.0 Å². The molecule has 0 aliphatic heterocycles. The lowest BCUT2D eigenvalue weighted by Crippen LogP contribution is -1.99. The van der Waals surface area contributed by atoms with Crippen molar-refractivity contribution in [3.8, 4) is 5.69 Å². The van der Waals surface area contributed by atoms with Gasteiger partial charge >= 0.3 is 0 Å². The van der Waals surface area contributed by atoms with E-state index in [0.717, 1.165) is 16.6 Å². The first-order chi connectivity index (χ1) is 14.7. The van der Waals surface area contributed by atoms with Crippen LogP contribution in [0.2, 0.25) is 0 Å². The predicted molar refractivity (Wildman–Crippen MR) is 109 cm³/mol. The first-order valence-electron chi connectivity index (χ1n) is 9.23. The minimum Gasteiger partial charge on any atom is -0.387 e. The summed E-state index contributed by atoms with van der Waals surface area (Å²) in [5.74, 6) is 0.163. The normalized spacial score (nSPS) is 11.7. The SMILES string of the molecule is Cc1ccc(-n2ncc3c2ncn2nc(CO/N=C\c4ccc(F)cc4)nc32)cc1. The van der Waals surface area contributed by atoms with Gasteiger partial charge in [0.05, 0.1) is 23.5 Å². The molecule has 0 aliphatic rings. The Bertz CT molecular complexity index is 1350. The van der Waals surface area contributed by atoms with Gasteiger partial charge in [-0.3, -0.25) is 0 Å². The molecule has 0 N–H and O–H groups in total. The molecule has 2 aromatic carbocycles. The molecule has 0 unspecified atom stereocenters. The van der Waals surface area contributed by atoms with Crippen LogP contribution in [0.25, 0.3) is 22.4 Å². The fraction of sp³-hybridized carbons (Fsp3) is 0.0952. The third-order valence-electron chi connectivity index (χ3n) is 4.57. The zero-order chi connectivity index (χ0) is 20.5. The highest BCUT2D eigenvalue weighted by molar-refractivity contribution is 5.89. The summed E-state index contributed by atoms with van der Waals surface area (Å²) in [4.78, 5) is 14.3. The summed E-state index contributed by atoms with van der Waals surface area (Å²) < 4.78 is 16.3. The molecule has 0 spiro atoms. The van der Waals surface area contributed by atoms with E-state index in [9.17, 15) is 4.39 Å².